The third kappa shape index (κ3) is 3.33. The predicted molar refractivity (Wildman–Crippen MR) is 69.3 cm³/mol. The molecule has 4 heteroatoms. The van der Waals surface area contributed by atoms with E-state index in [4.69, 9.17) is 10.5 Å². The van der Waals surface area contributed by atoms with Crippen molar-refractivity contribution in [3.8, 4) is 5.88 Å². The zero-order valence-electron chi connectivity index (χ0n) is 10.4. The van der Waals surface area contributed by atoms with Crippen LogP contribution in [0.1, 0.15) is 32.6 Å². The first-order valence-electron chi connectivity index (χ1n) is 6.41. The van der Waals surface area contributed by atoms with E-state index in [0.29, 0.717) is 18.5 Å². The molecule has 17 heavy (non-hydrogen) atoms. The van der Waals surface area contributed by atoms with Crippen LogP contribution in [0.2, 0.25) is 0 Å². The quantitative estimate of drug-likeness (QED) is 0.839. The first-order valence-corrected chi connectivity index (χ1v) is 6.41. The highest BCUT2D eigenvalue weighted by molar-refractivity contribution is 5.38. The molecule has 4 nitrogen and oxygen atoms in total. The molecule has 0 bridgehead atoms. The lowest BCUT2D eigenvalue weighted by Crippen LogP contribution is -2.42. The molecule has 0 aromatic carbocycles. The van der Waals surface area contributed by atoms with Gasteiger partial charge in [0.05, 0.1) is 6.61 Å². The van der Waals surface area contributed by atoms with Gasteiger partial charge in [-0.3, -0.25) is 0 Å². The van der Waals surface area contributed by atoms with Crippen molar-refractivity contribution in [3.05, 3.63) is 18.2 Å². The first-order chi connectivity index (χ1) is 8.29. The van der Waals surface area contributed by atoms with Crippen molar-refractivity contribution in [1.29, 1.82) is 0 Å². The normalized spacial score (nSPS) is 24.4. The number of ether oxygens (including phenoxy) is 1. The van der Waals surface area contributed by atoms with Crippen LogP contribution in [0.3, 0.4) is 0 Å². The number of anilines is 1. The molecule has 1 saturated carbocycles. The molecule has 0 saturated heterocycles. The number of nitrogens with two attached hydrogens (primary N) is 1. The zero-order valence-corrected chi connectivity index (χ0v) is 10.4. The molecule has 3 N–H and O–H groups in total. The van der Waals surface area contributed by atoms with E-state index >= 15 is 0 Å². The number of nitrogens with zero attached hydrogens (tertiary/aromatic N) is 1. The van der Waals surface area contributed by atoms with Crippen LogP contribution in [0.4, 0.5) is 5.82 Å². The second-order valence-electron chi connectivity index (χ2n) is 4.49. The highest BCUT2D eigenvalue weighted by atomic mass is 16.5. The van der Waals surface area contributed by atoms with Gasteiger partial charge in [0.15, 0.2) is 0 Å². The molecule has 0 spiro atoms. The van der Waals surface area contributed by atoms with Crippen LogP contribution >= 0.6 is 0 Å². The monoisotopic (exact) mass is 235 g/mol. The summed E-state index contributed by atoms with van der Waals surface area (Å²) in [5.41, 5.74) is 6.10. The Bertz CT molecular complexity index is 356. The SMILES string of the molecule is CCOc1cccc(NC2CCCCC2N)n1. The van der Waals surface area contributed by atoms with Crippen molar-refractivity contribution in [2.45, 2.75) is 44.7 Å². The van der Waals surface area contributed by atoms with Gasteiger partial charge in [0.1, 0.15) is 5.82 Å². The molecule has 2 atom stereocenters. The van der Waals surface area contributed by atoms with E-state index in [9.17, 15) is 0 Å². The van der Waals surface area contributed by atoms with Crippen LogP contribution in [0.15, 0.2) is 18.2 Å². The van der Waals surface area contributed by atoms with Crippen molar-refractivity contribution < 1.29 is 4.74 Å². The highest BCUT2D eigenvalue weighted by Gasteiger charge is 2.21. The minimum absolute atomic E-state index is 0.237. The second kappa shape index (κ2) is 5.87. The summed E-state index contributed by atoms with van der Waals surface area (Å²) < 4.78 is 5.38. The lowest BCUT2D eigenvalue weighted by molar-refractivity contribution is 0.327. The molecular formula is C13H21N3O. The molecule has 2 rings (SSSR count). The lowest BCUT2D eigenvalue weighted by Gasteiger charge is -2.29. The minimum atomic E-state index is 0.237. The number of pyridine rings is 1. The molecule has 0 aliphatic heterocycles. The largest absolute Gasteiger partial charge is 0.478 e. The predicted octanol–water partition coefficient (Wildman–Crippen LogP) is 2.16. The Labute approximate surface area is 103 Å². The van der Waals surface area contributed by atoms with Crippen molar-refractivity contribution >= 4 is 5.82 Å². The van der Waals surface area contributed by atoms with E-state index in [1.54, 1.807) is 0 Å². The van der Waals surface area contributed by atoms with Gasteiger partial charge < -0.3 is 15.8 Å². The Morgan fingerprint density at radius 2 is 2.24 bits per heavy atom. The molecule has 2 unspecified atom stereocenters. The fourth-order valence-corrected chi connectivity index (χ4v) is 2.25. The van der Waals surface area contributed by atoms with Crippen molar-refractivity contribution in [1.82, 2.24) is 4.98 Å². The van der Waals surface area contributed by atoms with Crippen LogP contribution in [-0.4, -0.2) is 23.7 Å². The van der Waals surface area contributed by atoms with Gasteiger partial charge in [-0.15, -0.1) is 0 Å². The number of aromatic nitrogens is 1. The Hall–Kier alpha value is -1.29. The lowest BCUT2D eigenvalue weighted by atomic mass is 9.91. The van der Waals surface area contributed by atoms with Gasteiger partial charge in [0.25, 0.3) is 0 Å². The van der Waals surface area contributed by atoms with Crippen molar-refractivity contribution in [2.24, 2.45) is 5.73 Å². The third-order valence-corrected chi connectivity index (χ3v) is 3.17. The summed E-state index contributed by atoms with van der Waals surface area (Å²) in [6, 6.07) is 6.36. The van der Waals surface area contributed by atoms with Crippen LogP contribution in [0.5, 0.6) is 5.88 Å². The molecule has 1 heterocycles. The molecule has 94 valence electrons. The minimum Gasteiger partial charge on any atom is -0.478 e. The number of nitrogens with one attached hydrogen (secondary N) is 1. The van der Waals surface area contributed by atoms with E-state index in [1.807, 2.05) is 25.1 Å². The van der Waals surface area contributed by atoms with E-state index in [1.165, 1.54) is 12.8 Å². The number of hydrogen-bond donors (Lipinski definition) is 2. The van der Waals surface area contributed by atoms with Gasteiger partial charge in [-0.05, 0) is 25.8 Å². The van der Waals surface area contributed by atoms with Gasteiger partial charge in [0, 0.05) is 18.2 Å². The van der Waals surface area contributed by atoms with Crippen LogP contribution in [0, 0.1) is 0 Å². The first kappa shape index (κ1) is 12.2. The maximum absolute atomic E-state index is 6.10. The molecule has 1 fully saturated rings. The molecule has 1 aromatic heterocycles. The smallest absolute Gasteiger partial charge is 0.215 e. The van der Waals surface area contributed by atoms with Crippen molar-refractivity contribution in [2.75, 3.05) is 11.9 Å². The highest BCUT2D eigenvalue weighted by Crippen LogP contribution is 2.21. The molecule has 1 aliphatic rings. The van der Waals surface area contributed by atoms with Gasteiger partial charge in [-0.2, -0.15) is 4.98 Å². The summed E-state index contributed by atoms with van der Waals surface area (Å²) in [4.78, 5) is 4.40. The molecule has 0 radical (unpaired) electrons. The van der Waals surface area contributed by atoms with E-state index in [2.05, 4.69) is 10.3 Å². The molecule has 1 aromatic rings. The summed E-state index contributed by atoms with van der Waals surface area (Å²) in [7, 11) is 0. The Morgan fingerprint density at radius 1 is 1.41 bits per heavy atom. The fraction of sp³-hybridized carbons (Fsp3) is 0.615. The van der Waals surface area contributed by atoms with Crippen molar-refractivity contribution in [3.63, 3.8) is 0 Å². The van der Waals surface area contributed by atoms with E-state index in [0.717, 1.165) is 18.7 Å². The maximum Gasteiger partial charge on any atom is 0.215 e. The summed E-state index contributed by atoms with van der Waals surface area (Å²) in [5.74, 6) is 1.53. The maximum atomic E-state index is 6.10. The molecular weight excluding hydrogens is 214 g/mol. The van der Waals surface area contributed by atoms with Gasteiger partial charge >= 0.3 is 0 Å². The standard InChI is InChI=1S/C13H21N3O/c1-2-17-13-9-5-8-12(16-13)15-11-7-4-3-6-10(11)14/h5,8-11H,2-4,6-7,14H2,1H3,(H,15,16). The van der Waals surface area contributed by atoms with Gasteiger partial charge in [-0.25, -0.2) is 0 Å². The van der Waals surface area contributed by atoms with Crippen LogP contribution in [0.25, 0.3) is 0 Å². The van der Waals surface area contributed by atoms with Gasteiger partial charge in [0.2, 0.25) is 5.88 Å². The zero-order chi connectivity index (χ0) is 12.1. The van der Waals surface area contributed by atoms with Gasteiger partial charge in [-0.1, -0.05) is 18.9 Å². The summed E-state index contributed by atoms with van der Waals surface area (Å²) in [6.45, 7) is 2.60. The summed E-state index contributed by atoms with van der Waals surface area (Å²) in [5, 5.41) is 3.41. The van der Waals surface area contributed by atoms with E-state index < -0.39 is 0 Å². The topological polar surface area (TPSA) is 60.2 Å². The van der Waals surface area contributed by atoms with Crippen LogP contribution in [-0.2, 0) is 0 Å². The Morgan fingerprint density at radius 3 is 3.00 bits per heavy atom. The number of hydrogen-bond acceptors (Lipinski definition) is 4. The Kier molecular flexibility index (Phi) is 4.20. The average Bonchev–Trinajstić information content (AvgIpc) is 2.33. The third-order valence-electron chi connectivity index (χ3n) is 3.17. The average molecular weight is 235 g/mol. The molecule has 0 amide bonds. The fourth-order valence-electron chi connectivity index (χ4n) is 2.25. The summed E-state index contributed by atoms with van der Waals surface area (Å²) >= 11 is 0. The van der Waals surface area contributed by atoms with E-state index in [-0.39, 0.29) is 6.04 Å². The Balaban J connectivity index is 1.99. The number of rotatable bonds is 4. The molecule has 1 aliphatic carbocycles. The summed E-state index contributed by atoms with van der Waals surface area (Å²) in [6.07, 6.45) is 4.72. The van der Waals surface area contributed by atoms with Crippen LogP contribution < -0.4 is 15.8 Å². The second-order valence-corrected chi connectivity index (χ2v) is 4.49.